The van der Waals surface area contributed by atoms with Gasteiger partial charge in [-0.1, -0.05) is 18.2 Å². The molecular formula is C19H26FIN6. The van der Waals surface area contributed by atoms with E-state index in [0.717, 1.165) is 62.7 Å². The zero-order valence-corrected chi connectivity index (χ0v) is 17.8. The monoisotopic (exact) mass is 484 g/mol. The molecule has 146 valence electrons. The van der Waals surface area contributed by atoms with Gasteiger partial charge in [0.15, 0.2) is 5.96 Å². The second-order valence-corrected chi connectivity index (χ2v) is 7.29. The normalized spacial score (nSPS) is 19.5. The van der Waals surface area contributed by atoms with Crippen LogP contribution in [0.3, 0.4) is 0 Å². The quantitative estimate of drug-likeness (QED) is 0.398. The van der Waals surface area contributed by atoms with Gasteiger partial charge in [-0.2, -0.15) is 5.10 Å². The predicted molar refractivity (Wildman–Crippen MR) is 114 cm³/mol. The first-order valence-corrected chi connectivity index (χ1v) is 9.28. The summed E-state index contributed by atoms with van der Waals surface area (Å²) in [5, 5.41) is 10.4. The molecule has 2 N–H and O–H groups in total. The lowest BCUT2D eigenvalue weighted by Gasteiger charge is -2.34. The largest absolute Gasteiger partial charge is 0.355 e. The minimum atomic E-state index is -0.102. The Hall–Kier alpha value is -1.71. The van der Waals surface area contributed by atoms with Gasteiger partial charge in [-0.15, -0.1) is 24.0 Å². The maximum atomic E-state index is 14.2. The van der Waals surface area contributed by atoms with Gasteiger partial charge in [0.05, 0.1) is 0 Å². The number of aliphatic imine (C=N–C) groups is 1. The molecule has 1 aromatic heterocycles. The maximum Gasteiger partial charge on any atom is 0.193 e. The van der Waals surface area contributed by atoms with E-state index in [2.05, 4.69) is 30.4 Å². The molecule has 0 spiro atoms. The van der Waals surface area contributed by atoms with Crippen molar-refractivity contribution in [1.29, 1.82) is 0 Å². The summed E-state index contributed by atoms with van der Waals surface area (Å²) in [5.41, 5.74) is 0.742. The Morgan fingerprint density at radius 2 is 2.07 bits per heavy atom. The van der Waals surface area contributed by atoms with Crippen LogP contribution in [0.1, 0.15) is 43.0 Å². The van der Waals surface area contributed by atoms with Crippen LogP contribution >= 0.6 is 24.0 Å². The Morgan fingerprint density at radius 3 is 2.67 bits per heavy atom. The number of likely N-dealkylation sites (tertiary alicyclic amines) is 1. The SMILES string of the molecule is CN=C(NCC1(c2ccccc2F)CC1)N1CCC(c2ncn[nH]2)CC1.I. The Morgan fingerprint density at radius 1 is 1.33 bits per heavy atom. The van der Waals surface area contributed by atoms with Gasteiger partial charge in [0.2, 0.25) is 0 Å². The predicted octanol–water partition coefficient (Wildman–Crippen LogP) is 3.05. The van der Waals surface area contributed by atoms with Crippen LogP contribution in [0.4, 0.5) is 4.39 Å². The molecular weight excluding hydrogens is 458 g/mol. The Labute approximate surface area is 176 Å². The number of H-pyrrole nitrogens is 1. The van der Waals surface area contributed by atoms with E-state index in [4.69, 9.17) is 0 Å². The summed E-state index contributed by atoms with van der Waals surface area (Å²) >= 11 is 0. The van der Waals surface area contributed by atoms with E-state index in [9.17, 15) is 4.39 Å². The molecule has 0 atom stereocenters. The number of halogens is 2. The average molecular weight is 484 g/mol. The number of piperidine rings is 1. The molecule has 0 amide bonds. The summed E-state index contributed by atoms with van der Waals surface area (Å²) < 4.78 is 14.2. The minimum Gasteiger partial charge on any atom is -0.355 e. The lowest BCUT2D eigenvalue weighted by atomic mass is 9.95. The van der Waals surface area contributed by atoms with Gasteiger partial charge in [-0.25, -0.2) is 9.37 Å². The highest BCUT2D eigenvalue weighted by atomic mass is 127. The molecule has 27 heavy (non-hydrogen) atoms. The highest BCUT2D eigenvalue weighted by Crippen LogP contribution is 2.48. The minimum absolute atomic E-state index is 0. The van der Waals surface area contributed by atoms with Crippen molar-refractivity contribution < 1.29 is 4.39 Å². The standard InChI is InChI=1S/C19H25FN6.HI/c1-21-18(26-10-6-14(7-11-26)17-23-13-24-25-17)22-12-19(8-9-19)15-4-2-3-5-16(15)20;/h2-5,13-14H,6-12H2,1H3,(H,21,22)(H,23,24,25);1H. The van der Waals surface area contributed by atoms with Gasteiger partial charge < -0.3 is 10.2 Å². The molecule has 2 aliphatic rings. The van der Waals surface area contributed by atoms with E-state index >= 15 is 0 Å². The molecule has 8 heteroatoms. The van der Waals surface area contributed by atoms with Gasteiger partial charge in [-0.3, -0.25) is 10.1 Å². The van der Waals surface area contributed by atoms with Crippen molar-refractivity contribution in [3.05, 3.63) is 47.8 Å². The number of benzene rings is 1. The van der Waals surface area contributed by atoms with E-state index in [0.29, 0.717) is 5.92 Å². The van der Waals surface area contributed by atoms with Gasteiger partial charge in [0.1, 0.15) is 18.0 Å². The molecule has 0 unspecified atom stereocenters. The van der Waals surface area contributed by atoms with E-state index in [-0.39, 0.29) is 35.2 Å². The van der Waals surface area contributed by atoms with Gasteiger partial charge in [0.25, 0.3) is 0 Å². The second kappa shape index (κ2) is 8.53. The van der Waals surface area contributed by atoms with Crippen molar-refractivity contribution in [3.63, 3.8) is 0 Å². The molecule has 4 rings (SSSR count). The maximum absolute atomic E-state index is 14.2. The van der Waals surface area contributed by atoms with E-state index < -0.39 is 0 Å². The fourth-order valence-corrected chi connectivity index (χ4v) is 3.94. The Kier molecular flexibility index (Phi) is 6.33. The molecule has 1 aromatic carbocycles. The summed E-state index contributed by atoms with van der Waals surface area (Å²) in [4.78, 5) is 11.0. The highest BCUT2D eigenvalue weighted by Gasteiger charge is 2.46. The highest BCUT2D eigenvalue weighted by molar-refractivity contribution is 14.0. The number of rotatable bonds is 4. The number of hydrogen-bond donors (Lipinski definition) is 2. The number of nitrogens with one attached hydrogen (secondary N) is 2. The summed E-state index contributed by atoms with van der Waals surface area (Å²) in [6.07, 6.45) is 5.65. The molecule has 0 bridgehead atoms. The first kappa shape index (κ1) is 20.0. The smallest absolute Gasteiger partial charge is 0.193 e. The number of aromatic nitrogens is 3. The third-order valence-corrected chi connectivity index (χ3v) is 5.71. The number of hydrogen-bond acceptors (Lipinski definition) is 3. The third-order valence-electron chi connectivity index (χ3n) is 5.71. The molecule has 1 aliphatic carbocycles. The van der Waals surface area contributed by atoms with Crippen LogP contribution in [0.15, 0.2) is 35.6 Å². The van der Waals surface area contributed by atoms with Crippen molar-refractivity contribution in [1.82, 2.24) is 25.4 Å². The van der Waals surface area contributed by atoms with Gasteiger partial charge in [-0.05, 0) is 37.3 Å². The molecule has 1 saturated carbocycles. The fourth-order valence-electron chi connectivity index (χ4n) is 3.94. The summed E-state index contributed by atoms with van der Waals surface area (Å²) in [5.74, 6) is 2.21. The third kappa shape index (κ3) is 4.25. The van der Waals surface area contributed by atoms with Crippen molar-refractivity contribution in [3.8, 4) is 0 Å². The second-order valence-electron chi connectivity index (χ2n) is 7.29. The van der Waals surface area contributed by atoms with Crippen molar-refractivity contribution in [2.45, 2.75) is 37.0 Å². The Bertz CT molecular complexity index is 766. The van der Waals surface area contributed by atoms with Gasteiger partial charge in [0, 0.05) is 38.0 Å². The summed E-state index contributed by atoms with van der Waals surface area (Å²) in [6, 6.07) is 7.13. The molecule has 6 nitrogen and oxygen atoms in total. The van der Waals surface area contributed by atoms with E-state index in [1.165, 1.54) is 0 Å². The van der Waals surface area contributed by atoms with Crippen LogP contribution in [0, 0.1) is 5.82 Å². The topological polar surface area (TPSA) is 69.2 Å². The van der Waals surface area contributed by atoms with Crippen LogP contribution in [0.5, 0.6) is 0 Å². The summed E-state index contributed by atoms with van der Waals surface area (Å²) in [7, 11) is 1.81. The molecule has 1 aliphatic heterocycles. The average Bonchev–Trinajstić information content (AvgIpc) is 3.25. The zero-order valence-electron chi connectivity index (χ0n) is 15.5. The van der Waals surface area contributed by atoms with E-state index in [1.54, 1.807) is 18.5 Å². The van der Waals surface area contributed by atoms with Crippen LogP contribution in [0.25, 0.3) is 0 Å². The van der Waals surface area contributed by atoms with Crippen LogP contribution < -0.4 is 5.32 Å². The lowest BCUT2D eigenvalue weighted by Crippen LogP contribution is -2.47. The molecule has 2 fully saturated rings. The lowest BCUT2D eigenvalue weighted by molar-refractivity contribution is 0.298. The summed E-state index contributed by atoms with van der Waals surface area (Å²) in [6.45, 7) is 2.58. The number of nitrogens with zero attached hydrogens (tertiary/aromatic N) is 4. The molecule has 0 radical (unpaired) electrons. The van der Waals surface area contributed by atoms with Crippen LogP contribution in [-0.2, 0) is 5.41 Å². The number of guanidine groups is 1. The van der Waals surface area contributed by atoms with Crippen LogP contribution in [0.2, 0.25) is 0 Å². The van der Waals surface area contributed by atoms with Crippen molar-refractivity contribution >= 4 is 29.9 Å². The van der Waals surface area contributed by atoms with Crippen LogP contribution in [-0.4, -0.2) is 52.7 Å². The Balaban J connectivity index is 0.00000210. The molecule has 2 aromatic rings. The van der Waals surface area contributed by atoms with Crippen molar-refractivity contribution in [2.75, 3.05) is 26.7 Å². The van der Waals surface area contributed by atoms with E-state index in [1.807, 2.05) is 19.2 Å². The first-order valence-electron chi connectivity index (χ1n) is 9.28. The number of aromatic amines is 1. The fraction of sp³-hybridized carbons (Fsp3) is 0.526. The molecule has 2 heterocycles. The first-order chi connectivity index (χ1) is 12.7. The van der Waals surface area contributed by atoms with Crippen molar-refractivity contribution in [2.24, 2.45) is 4.99 Å². The zero-order chi connectivity index (χ0) is 18.0. The molecule has 1 saturated heterocycles. The van der Waals surface area contributed by atoms with Gasteiger partial charge >= 0.3 is 0 Å².